The van der Waals surface area contributed by atoms with Gasteiger partial charge >= 0.3 is 0 Å². The fraction of sp³-hybridized carbons (Fsp3) is 0.333. The zero-order chi connectivity index (χ0) is 25.3. The van der Waals surface area contributed by atoms with E-state index in [0.29, 0.717) is 18.7 Å². The van der Waals surface area contributed by atoms with E-state index in [1.807, 2.05) is 100 Å². The molecule has 1 atom stereocenters. The summed E-state index contributed by atoms with van der Waals surface area (Å²) in [5, 5.41) is 3.12. The Labute approximate surface area is 214 Å². The van der Waals surface area contributed by atoms with Crippen LogP contribution in [0.1, 0.15) is 43.0 Å². The van der Waals surface area contributed by atoms with Crippen molar-refractivity contribution in [2.24, 2.45) is 0 Å². The predicted molar refractivity (Wildman–Crippen MR) is 146 cm³/mol. The maximum absolute atomic E-state index is 13.7. The second-order valence-electron chi connectivity index (χ2n) is 9.87. The number of carbonyl (C=O) groups excluding carboxylic acids is 2. The topological polar surface area (TPSA) is 49.4 Å². The molecule has 0 heterocycles. The number of amides is 2. The van der Waals surface area contributed by atoms with Gasteiger partial charge in [0.1, 0.15) is 6.04 Å². The SMILES string of the molecule is Cc1ccccc1CN(C(=O)CSCc1ccccc1)C(Cc1ccccc1)C(=O)NC(C)(C)C. The van der Waals surface area contributed by atoms with Crippen molar-refractivity contribution in [3.8, 4) is 0 Å². The van der Waals surface area contributed by atoms with Crippen molar-refractivity contribution in [2.45, 2.75) is 58.0 Å². The van der Waals surface area contributed by atoms with Gasteiger partial charge in [0, 0.05) is 24.3 Å². The van der Waals surface area contributed by atoms with Crippen molar-refractivity contribution >= 4 is 23.6 Å². The van der Waals surface area contributed by atoms with Crippen molar-refractivity contribution in [2.75, 3.05) is 5.75 Å². The van der Waals surface area contributed by atoms with Gasteiger partial charge in [-0.1, -0.05) is 84.9 Å². The third-order valence-corrected chi connectivity index (χ3v) is 6.70. The molecule has 3 rings (SSSR count). The summed E-state index contributed by atoms with van der Waals surface area (Å²) in [7, 11) is 0. The van der Waals surface area contributed by atoms with Gasteiger partial charge in [0.05, 0.1) is 5.75 Å². The van der Waals surface area contributed by atoms with Gasteiger partial charge in [0.25, 0.3) is 0 Å². The van der Waals surface area contributed by atoms with E-state index in [4.69, 9.17) is 0 Å². The molecule has 5 heteroatoms. The highest BCUT2D eigenvalue weighted by Gasteiger charge is 2.32. The summed E-state index contributed by atoms with van der Waals surface area (Å²) in [6.07, 6.45) is 0.462. The van der Waals surface area contributed by atoms with Gasteiger partial charge in [0.15, 0.2) is 0 Å². The monoisotopic (exact) mass is 488 g/mol. The molecule has 1 N–H and O–H groups in total. The molecular weight excluding hydrogens is 452 g/mol. The summed E-state index contributed by atoms with van der Waals surface area (Å²) < 4.78 is 0. The lowest BCUT2D eigenvalue weighted by molar-refractivity contribution is -0.140. The molecule has 0 aliphatic heterocycles. The second-order valence-corrected chi connectivity index (χ2v) is 10.9. The zero-order valence-corrected chi connectivity index (χ0v) is 22.0. The number of thioether (sulfide) groups is 1. The van der Waals surface area contributed by atoms with Crippen LogP contribution in [-0.2, 0) is 28.3 Å². The number of rotatable bonds is 10. The number of hydrogen-bond donors (Lipinski definition) is 1. The van der Waals surface area contributed by atoms with Crippen LogP contribution in [0, 0.1) is 6.92 Å². The van der Waals surface area contributed by atoms with Crippen LogP contribution in [-0.4, -0.2) is 34.0 Å². The van der Waals surface area contributed by atoms with Crippen molar-refractivity contribution in [3.63, 3.8) is 0 Å². The van der Waals surface area contributed by atoms with Gasteiger partial charge < -0.3 is 10.2 Å². The molecule has 0 fully saturated rings. The molecule has 0 aromatic heterocycles. The summed E-state index contributed by atoms with van der Waals surface area (Å²) in [6.45, 7) is 8.34. The first-order valence-corrected chi connectivity index (χ1v) is 13.2. The lowest BCUT2D eigenvalue weighted by Gasteiger charge is -2.34. The van der Waals surface area contributed by atoms with Gasteiger partial charge in [-0.25, -0.2) is 0 Å². The van der Waals surface area contributed by atoms with Gasteiger partial charge in [0.2, 0.25) is 11.8 Å². The van der Waals surface area contributed by atoms with Crippen molar-refractivity contribution < 1.29 is 9.59 Å². The highest BCUT2D eigenvalue weighted by atomic mass is 32.2. The van der Waals surface area contributed by atoms with Gasteiger partial charge in [-0.05, 0) is 49.9 Å². The third kappa shape index (κ3) is 8.59. The molecule has 0 bridgehead atoms. The van der Waals surface area contributed by atoms with E-state index < -0.39 is 11.6 Å². The Hall–Kier alpha value is -3.05. The molecule has 0 aliphatic carbocycles. The van der Waals surface area contributed by atoms with Gasteiger partial charge in [-0.3, -0.25) is 9.59 Å². The average molecular weight is 489 g/mol. The second kappa shape index (κ2) is 12.6. The van der Waals surface area contributed by atoms with Crippen LogP contribution < -0.4 is 5.32 Å². The van der Waals surface area contributed by atoms with Crippen LogP contribution in [0.2, 0.25) is 0 Å². The maximum atomic E-state index is 13.7. The lowest BCUT2D eigenvalue weighted by atomic mass is 10.00. The molecule has 0 aliphatic rings. The first-order chi connectivity index (χ1) is 16.7. The van der Waals surface area contributed by atoms with Crippen LogP contribution in [0.3, 0.4) is 0 Å². The minimum Gasteiger partial charge on any atom is -0.350 e. The Morgan fingerprint density at radius 3 is 2.03 bits per heavy atom. The quantitative estimate of drug-likeness (QED) is 0.393. The zero-order valence-electron chi connectivity index (χ0n) is 21.2. The molecule has 0 saturated heterocycles. The number of hydrogen-bond acceptors (Lipinski definition) is 3. The number of nitrogens with zero attached hydrogens (tertiary/aromatic N) is 1. The van der Waals surface area contributed by atoms with E-state index in [1.165, 1.54) is 5.56 Å². The van der Waals surface area contributed by atoms with Crippen LogP contribution in [0.15, 0.2) is 84.9 Å². The van der Waals surface area contributed by atoms with E-state index in [-0.39, 0.29) is 11.8 Å². The predicted octanol–water partition coefficient (Wildman–Crippen LogP) is 5.78. The first-order valence-electron chi connectivity index (χ1n) is 12.0. The first kappa shape index (κ1) is 26.6. The van der Waals surface area contributed by atoms with Crippen LogP contribution in [0.25, 0.3) is 0 Å². The maximum Gasteiger partial charge on any atom is 0.243 e. The molecule has 3 aromatic carbocycles. The number of benzene rings is 3. The number of aryl methyl sites for hydroxylation is 1. The van der Waals surface area contributed by atoms with E-state index in [2.05, 4.69) is 17.4 Å². The van der Waals surface area contributed by atoms with Crippen molar-refractivity contribution in [1.29, 1.82) is 0 Å². The Balaban J connectivity index is 1.88. The molecule has 4 nitrogen and oxygen atoms in total. The van der Waals surface area contributed by atoms with E-state index in [0.717, 1.165) is 22.4 Å². The van der Waals surface area contributed by atoms with E-state index in [1.54, 1.807) is 16.7 Å². The fourth-order valence-corrected chi connectivity index (χ4v) is 4.76. The Morgan fingerprint density at radius 1 is 0.857 bits per heavy atom. The van der Waals surface area contributed by atoms with Gasteiger partial charge in [-0.2, -0.15) is 0 Å². The van der Waals surface area contributed by atoms with Crippen LogP contribution in [0.5, 0.6) is 0 Å². The summed E-state index contributed by atoms with van der Waals surface area (Å²) in [4.78, 5) is 29.0. The number of carbonyl (C=O) groups is 2. The molecule has 1 unspecified atom stereocenters. The van der Waals surface area contributed by atoms with Crippen LogP contribution in [0.4, 0.5) is 0 Å². The molecular formula is C30H36N2O2S. The smallest absolute Gasteiger partial charge is 0.243 e. The van der Waals surface area contributed by atoms with Crippen molar-refractivity contribution in [1.82, 2.24) is 10.2 Å². The Bertz CT molecular complexity index is 1090. The Kier molecular flexibility index (Phi) is 9.55. The summed E-state index contributed by atoms with van der Waals surface area (Å²) in [5.41, 5.74) is 3.97. The molecule has 2 amide bonds. The summed E-state index contributed by atoms with van der Waals surface area (Å²) in [6, 6.07) is 27.5. The van der Waals surface area contributed by atoms with Gasteiger partial charge in [-0.15, -0.1) is 11.8 Å². The molecule has 0 saturated carbocycles. The molecule has 184 valence electrons. The van der Waals surface area contributed by atoms with Crippen LogP contribution >= 0.6 is 11.8 Å². The molecule has 35 heavy (non-hydrogen) atoms. The van der Waals surface area contributed by atoms with E-state index >= 15 is 0 Å². The molecule has 0 spiro atoms. The normalized spacial score (nSPS) is 12.1. The minimum atomic E-state index is -0.610. The number of nitrogens with one attached hydrogen (secondary N) is 1. The van der Waals surface area contributed by atoms with Crippen molar-refractivity contribution in [3.05, 3.63) is 107 Å². The van der Waals surface area contributed by atoms with E-state index in [9.17, 15) is 9.59 Å². The Morgan fingerprint density at radius 2 is 1.43 bits per heavy atom. The minimum absolute atomic E-state index is 0.0285. The third-order valence-electron chi connectivity index (χ3n) is 5.71. The standard InChI is InChI=1S/C30H36N2O2S/c1-23-13-11-12-18-26(23)20-32(28(33)22-35-21-25-16-9-6-10-17-25)27(29(34)31-30(2,3)4)19-24-14-7-5-8-15-24/h5-18,27H,19-22H2,1-4H3,(H,31,34). The summed E-state index contributed by atoms with van der Waals surface area (Å²) >= 11 is 1.58. The molecule has 3 aromatic rings. The molecule has 0 radical (unpaired) electrons. The lowest BCUT2D eigenvalue weighted by Crippen LogP contribution is -2.54. The highest BCUT2D eigenvalue weighted by molar-refractivity contribution is 7.99. The largest absolute Gasteiger partial charge is 0.350 e. The summed E-state index contributed by atoms with van der Waals surface area (Å²) in [5.74, 6) is 0.910. The fourth-order valence-electron chi connectivity index (χ4n) is 3.89. The average Bonchev–Trinajstić information content (AvgIpc) is 2.82. The highest BCUT2D eigenvalue weighted by Crippen LogP contribution is 2.20.